The highest BCUT2D eigenvalue weighted by molar-refractivity contribution is 14.1. The maximum absolute atomic E-state index is 8.51. The number of aromatic nitrogens is 1. The molecule has 0 aliphatic rings. The van der Waals surface area contributed by atoms with E-state index >= 15 is 0 Å². The maximum atomic E-state index is 8.51. The first-order valence-corrected chi connectivity index (χ1v) is 5.50. The van der Waals surface area contributed by atoms with Gasteiger partial charge in [0.25, 0.3) is 0 Å². The molecule has 0 aliphatic heterocycles. The van der Waals surface area contributed by atoms with Gasteiger partial charge in [0.2, 0.25) is 0 Å². The van der Waals surface area contributed by atoms with Crippen LogP contribution in [-0.4, -0.2) is 16.0 Å². The lowest BCUT2D eigenvalue weighted by molar-refractivity contribution is 0.321. The molecule has 0 bridgehead atoms. The van der Waals surface area contributed by atoms with Gasteiger partial charge in [0, 0.05) is 15.5 Å². The predicted octanol–water partition coefficient (Wildman–Crippen LogP) is 2.89. The molecule has 0 saturated heterocycles. The SMILES string of the molecule is O/N=C\c1cccn1-c1ccc(I)cc1. The third kappa shape index (κ3) is 2.20. The van der Waals surface area contributed by atoms with Crippen LogP contribution in [0, 0.1) is 3.57 Å². The van der Waals surface area contributed by atoms with E-state index in [0.717, 1.165) is 11.4 Å². The zero-order valence-electron chi connectivity index (χ0n) is 7.84. The van der Waals surface area contributed by atoms with Gasteiger partial charge in [-0.2, -0.15) is 0 Å². The summed E-state index contributed by atoms with van der Waals surface area (Å²) in [5, 5.41) is 11.5. The monoisotopic (exact) mass is 312 g/mol. The Balaban J connectivity index is 2.44. The summed E-state index contributed by atoms with van der Waals surface area (Å²) in [6.45, 7) is 0. The Labute approximate surface area is 101 Å². The maximum Gasteiger partial charge on any atom is 0.0901 e. The second-order valence-corrected chi connectivity index (χ2v) is 4.27. The van der Waals surface area contributed by atoms with Gasteiger partial charge in [-0.05, 0) is 59.0 Å². The minimum Gasteiger partial charge on any atom is -0.411 e. The molecule has 15 heavy (non-hydrogen) atoms. The van der Waals surface area contributed by atoms with Gasteiger partial charge in [0.15, 0.2) is 0 Å². The summed E-state index contributed by atoms with van der Waals surface area (Å²) in [7, 11) is 0. The van der Waals surface area contributed by atoms with Crippen LogP contribution >= 0.6 is 22.6 Å². The highest BCUT2D eigenvalue weighted by atomic mass is 127. The normalized spacial score (nSPS) is 11.0. The van der Waals surface area contributed by atoms with Gasteiger partial charge in [-0.1, -0.05) is 5.16 Å². The fourth-order valence-electron chi connectivity index (χ4n) is 1.40. The summed E-state index contributed by atoms with van der Waals surface area (Å²) >= 11 is 2.26. The molecule has 1 N–H and O–H groups in total. The van der Waals surface area contributed by atoms with E-state index < -0.39 is 0 Å². The number of nitrogens with zero attached hydrogens (tertiary/aromatic N) is 2. The van der Waals surface area contributed by atoms with Crippen LogP contribution < -0.4 is 0 Å². The molecular formula is C11H9IN2O. The number of rotatable bonds is 2. The van der Waals surface area contributed by atoms with Crippen LogP contribution in [0.15, 0.2) is 47.8 Å². The van der Waals surface area contributed by atoms with E-state index in [0.29, 0.717) is 0 Å². The number of oxime groups is 1. The van der Waals surface area contributed by atoms with Crippen molar-refractivity contribution in [3.8, 4) is 5.69 Å². The molecule has 0 fully saturated rings. The molecule has 1 aromatic carbocycles. The first kappa shape index (κ1) is 10.2. The van der Waals surface area contributed by atoms with E-state index in [1.54, 1.807) is 0 Å². The standard InChI is InChI=1S/C11H9IN2O/c12-9-3-5-10(6-4-9)14-7-1-2-11(14)8-13-15/h1-8,15H/b13-8-. The van der Waals surface area contributed by atoms with E-state index in [2.05, 4.69) is 27.7 Å². The van der Waals surface area contributed by atoms with Crippen molar-refractivity contribution < 1.29 is 5.21 Å². The number of halogens is 1. The van der Waals surface area contributed by atoms with E-state index in [1.165, 1.54) is 9.78 Å². The van der Waals surface area contributed by atoms with Crippen LogP contribution in [0.3, 0.4) is 0 Å². The summed E-state index contributed by atoms with van der Waals surface area (Å²) in [4.78, 5) is 0. The van der Waals surface area contributed by atoms with Gasteiger partial charge >= 0.3 is 0 Å². The molecule has 1 heterocycles. The van der Waals surface area contributed by atoms with E-state index in [9.17, 15) is 0 Å². The summed E-state index contributed by atoms with van der Waals surface area (Å²) in [5.41, 5.74) is 1.90. The molecule has 3 nitrogen and oxygen atoms in total. The van der Waals surface area contributed by atoms with Crippen LogP contribution in [0.1, 0.15) is 5.69 Å². The van der Waals surface area contributed by atoms with Crippen molar-refractivity contribution in [2.75, 3.05) is 0 Å². The third-order valence-corrected chi connectivity index (χ3v) is 2.79. The Morgan fingerprint density at radius 2 is 1.93 bits per heavy atom. The number of hydrogen-bond donors (Lipinski definition) is 1. The van der Waals surface area contributed by atoms with Crippen molar-refractivity contribution in [3.63, 3.8) is 0 Å². The summed E-state index contributed by atoms with van der Waals surface area (Å²) < 4.78 is 3.15. The summed E-state index contributed by atoms with van der Waals surface area (Å²) in [6.07, 6.45) is 3.34. The topological polar surface area (TPSA) is 37.5 Å². The first-order chi connectivity index (χ1) is 7.31. The van der Waals surface area contributed by atoms with Gasteiger partial charge in [-0.15, -0.1) is 0 Å². The molecule has 0 unspecified atom stereocenters. The average molecular weight is 312 g/mol. The molecule has 0 saturated carbocycles. The van der Waals surface area contributed by atoms with E-state index in [-0.39, 0.29) is 0 Å². The van der Waals surface area contributed by atoms with E-state index in [1.807, 2.05) is 47.2 Å². The Morgan fingerprint density at radius 1 is 1.20 bits per heavy atom. The zero-order valence-corrected chi connectivity index (χ0v) is 10.00. The average Bonchev–Trinajstić information content (AvgIpc) is 2.68. The highest BCUT2D eigenvalue weighted by Gasteiger charge is 2.00. The molecule has 0 radical (unpaired) electrons. The van der Waals surface area contributed by atoms with Crippen LogP contribution in [-0.2, 0) is 0 Å². The minimum atomic E-state index is 0.846. The number of benzene rings is 1. The molecular weight excluding hydrogens is 303 g/mol. The zero-order chi connectivity index (χ0) is 10.7. The third-order valence-electron chi connectivity index (χ3n) is 2.08. The quantitative estimate of drug-likeness (QED) is 0.394. The Hall–Kier alpha value is -1.30. The molecule has 0 aliphatic carbocycles. The van der Waals surface area contributed by atoms with Crippen LogP contribution in [0.2, 0.25) is 0 Å². The van der Waals surface area contributed by atoms with Crippen LogP contribution in [0.25, 0.3) is 5.69 Å². The molecule has 0 atom stereocenters. The van der Waals surface area contributed by atoms with Crippen LogP contribution in [0.5, 0.6) is 0 Å². The highest BCUT2D eigenvalue weighted by Crippen LogP contribution is 2.13. The van der Waals surface area contributed by atoms with Crippen molar-refractivity contribution in [3.05, 3.63) is 51.9 Å². The Kier molecular flexibility index (Phi) is 3.05. The molecule has 1 aromatic heterocycles. The molecule has 2 rings (SSSR count). The van der Waals surface area contributed by atoms with Crippen molar-refractivity contribution in [1.82, 2.24) is 4.57 Å². The summed E-state index contributed by atoms with van der Waals surface area (Å²) in [5.74, 6) is 0. The molecule has 0 amide bonds. The smallest absolute Gasteiger partial charge is 0.0901 e. The predicted molar refractivity (Wildman–Crippen MR) is 67.9 cm³/mol. The molecule has 4 heteroatoms. The fraction of sp³-hybridized carbons (Fsp3) is 0. The second kappa shape index (κ2) is 4.48. The molecule has 0 spiro atoms. The minimum absolute atomic E-state index is 0.846. The lowest BCUT2D eigenvalue weighted by Gasteiger charge is -2.05. The first-order valence-electron chi connectivity index (χ1n) is 4.42. The van der Waals surface area contributed by atoms with Gasteiger partial charge in [-0.25, -0.2) is 0 Å². The lowest BCUT2D eigenvalue weighted by atomic mass is 10.3. The second-order valence-electron chi connectivity index (χ2n) is 3.02. The Morgan fingerprint density at radius 3 is 2.60 bits per heavy atom. The largest absolute Gasteiger partial charge is 0.411 e. The van der Waals surface area contributed by atoms with E-state index in [4.69, 9.17) is 5.21 Å². The molecule has 2 aromatic rings. The summed E-state index contributed by atoms with van der Waals surface area (Å²) in [6, 6.07) is 11.9. The van der Waals surface area contributed by atoms with Gasteiger partial charge in [0.05, 0.1) is 11.9 Å². The van der Waals surface area contributed by atoms with Gasteiger partial charge < -0.3 is 9.77 Å². The number of hydrogen-bond acceptors (Lipinski definition) is 2. The van der Waals surface area contributed by atoms with Crippen molar-refractivity contribution in [2.45, 2.75) is 0 Å². The molecule has 76 valence electrons. The van der Waals surface area contributed by atoms with Crippen molar-refractivity contribution in [1.29, 1.82) is 0 Å². The van der Waals surface area contributed by atoms with Gasteiger partial charge in [0.1, 0.15) is 0 Å². The van der Waals surface area contributed by atoms with Crippen molar-refractivity contribution >= 4 is 28.8 Å². The lowest BCUT2D eigenvalue weighted by Crippen LogP contribution is -1.97. The van der Waals surface area contributed by atoms with Crippen LogP contribution in [0.4, 0.5) is 0 Å². The van der Waals surface area contributed by atoms with Gasteiger partial charge in [-0.3, -0.25) is 0 Å². The Bertz CT molecular complexity index is 474. The fourth-order valence-corrected chi connectivity index (χ4v) is 1.75. The van der Waals surface area contributed by atoms with Crippen molar-refractivity contribution in [2.24, 2.45) is 5.16 Å².